The molecule has 4 heteroatoms. The van der Waals surface area contributed by atoms with Crippen molar-refractivity contribution in [1.82, 2.24) is 4.90 Å². The highest BCUT2D eigenvalue weighted by atomic mass is 35.5. The molecule has 0 aliphatic carbocycles. The Bertz CT molecular complexity index is 637. The van der Waals surface area contributed by atoms with Gasteiger partial charge in [0.15, 0.2) is 0 Å². The molecule has 1 heterocycles. The molecule has 1 fully saturated rings. The first-order valence-electron chi connectivity index (χ1n) is 7.54. The maximum atomic E-state index is 12.4. The number of halogens is 1. The first-order valence-corrected chi connectivity index (χ1v) is 7.92. The van der Waals surface area contributed by atoms with Crippen LogP contribution in [-0.2, 0) is 11.2 Å². The van der Waals surface area contributed by atoms with E-state index < -0.39 is 0 Å². The van der Waals surface area contributed by atoms with E-state index in [2.05, 4.69) is 17.0 Å². The Morgan fingerprint density at radius 1 is 0.955 bits per heavy atom. The standard InChI is InChI=1S/C18H19ClN2O/c19-16-6-4-5-15(13-16)14-18(22)21-11-9-20(10-12-21)17-7-2-1-3-8-17/h1-8,13H,9-12,14H2. The summed E-state index contributed by atoms with van der Waals surface area (Å²) in [5.41, 5.74) is 2.20. The van der Waals surface area contributed by atoms with Gasteiger partial charge in [-0.15, -0.1) is 0 Å². The van der Waals surface area contributed by atoms with E-state index in [4.69, 9.17) is 11.6 Å². The Morgan fingerprint density at radius 3 is 2.36 bits per heavy atom. The highest BCUT2D eigenvalue weighted by molar-refractivity contribution is 6.30. The van der Waals surface area contributed by atoms with Crippen LogP contribution in [-0.4, -0.2) is 37.0 Å². The van der Waals surface area contributed by atoms with Gasteiger partial charge in [-0.3, -0.25) is 4.79 Å². The predicted octanol–water partition coefficient (Wildman–Crippen LogP) is 3.23. The second kappa shape index (κ2) is 6.84. The molecule has 1 aliphatic rings. The lowest BCUT2D eigenvalue weighted by Gasteiger charge is -2.36. The van der Waals surface area contributed by atoms with E-state index >= 15 is 0 Å². The number of para-hydroxylation sites is 1. The van der Waals surface area contributed by atoms with Gasteiger partial charge in [0.05, 0.1) is 6.42 Å². The number of amides is 1. The van der Waals surface area contributed by atoms with Crippen LogP contribution in [0.5, 0.6) is 0 Å². The van der Waals surface area contributed by atoms with E-state index in [0.29, 0.717) is 11.4 Å². The van der Waals surface area contributed by atoms with Crippen molar-refractivity contribution < 1.29 is 4.79 Å². The van der Waals surface area contributed by atoms with Crippen molar-refractivity contribution in [2.24, 2.45) is 0 Å². The van der Waals surface area contributed by atoms with Gasteiger partial charge in [0.2, 0.25) is 5.91 Å². The van der Waals surface area contributed by atoms with Crippen LogP contribution in [0.3, 0.4) is 0 Å². The molecule has 1 aliphatic heterocycles. The minimum Gasteiger partial charge on any atom is -0.368 e. The van der Waals surface area contributed by atoms with Gasteiger partial charge in [-0.1, -0.05) is 41.9 Å². The third kappa shape index (κ3) is 3.60. The van der Waals surface area contributed by atoms with Crippen molar-refractivity contribution >= 4 is 23.2 Å². The number of benzene rings is 2. The molecule has 0 bridgehead atoms. The van der Waals surface area contributed by atoms with E-state index in [1.807, 2.05) is 47.4 Å². The highest BCUT2D eigenvalue weighted by Gasteiger charge is 2.21. The lowest BCUT2D eigenvalue weighted by Crippen LogP contribution is -2.49. The van der Waals surface area contributed by atoms with Crippen LogP contribution >= 0.6 is 11.6 Å². The zero-order valence-corrected chi connectivity index (χ0v) is 13.2. The Kier molecular flexibility index (Phi) is 4.64. The summed E-state index contributed by atoms with van der Waals surface area (Å²) in [6, 6.07) is 17.9. The summed E-state index contributed by atoms with van der Waals surface area (Å²) < 4.78 is 0. The molecule has 22 heavy (non-hydrogen) atoms. The fourth-order valence-electron chi connectivity index (χ4n) is 2.79. The van der Waals surface area contributed by atoms with Gasteiger partial charge in [-0.05, 0) is 29.8 Å². The van der Waals surface area contributed by atoms with Crippen LogP contribution < -0.4 is 4.90 Å². The zero-order chi connectivity index (χ0) is 15.4. The largest absolute Gasteiger partial charge is 0.368 e. The Balaban J connectivity index is 1.56. The lowest BCUT2D eigenvalue weighted by atomic mass is 10.1. The summed E-state index contributed by atoms with van der Waals surface area (Å²) in [4.78, 5) is 16.7. The molecule has 0 radical (unpaired) electrons. The zero-order valence-electron chi connectivity index (χ0n) is 12.4. The van der Waals surface area contributed by atoms with Crippen LogP contribution in [0.4, 0.5) is 5.69 Å². The molecule has 0 atom stereocenters. The Labute approximate surface area is 136 Å². The SMILES string of the molecule is O=C(Cc1cccc(Cl)c1)N1CCN(c2ccccc2)CC1. The van der Waals surface area contributed by atoms with Crippen molar-refractivity contribution in [3.8, 4) is 0 Å². The number of hydrogen-bond acceptors (Lipinski definition) is 2. The Hall–Kier alpha value is -2.00. The highest BCUT2D eigenvalue weighted by Crippen LogP contribution is 2.17. The summed E-state index contributed by atoms with van der Waals surface area (Å²) in [5.74, 6) is 0.176. The molecule has 3 nitrogen and oxygen atoms in total. The van der Waals surface area contributed by atoms with Crippen LogP contribution in [0, 0.1) is 0 Å². The molecule has 0 spiro atoms. The molecule has 0 saturated carbocycles. The van der Waals surface area contributed by atoms with Gasteiger partial charge in [0, 0.05) is 36.9 Å². The predicted molar refractivity (Wildman–Crippen MR) is 90.4 cm³/mol. The number of nitrogens with zero attached hydrogens (tertiary/aromatic N) is 2. The van der Waals surface area contributed by atoms with Crippen LogP contribution in [0.1, 0.15) is 5.56 Å². The van der Waals surface area contributed by atoms with E-state index in [1.54, 1.807) is 0 Å². The second-order valence-electron chi connectivity index (χ2n) is 5.51. The van der Waals surface area contributed by atoms with Crippen molar-refractivity contribution in [3.05, 3.63) is 65.2 Å². The Morgan fingerprint density at radius 2 is 1.68 bits per heavy atom. The molecule has 2 aromatic rings. The topological polar surface area (TPSA) is 23.6 Å². The molecule has 0 aromatic heterocycles. The summed E-state index contributed by atoms with van der Waals surface area (Å²) in [6.07, 6.45) is 0.423. The quantitative estimate of drug-likeness (QED) is 0.868. The summed E-state index contributed by atoms with van der Waals surface area (Å²) in [6.45, 7) is 3.30. The summed E-state index contributed by atoms with van der Waals surface area (Å²) in [5, 5.41) is 0.680. The number of rotatable bonds is 3. The third-order valence-corrected chi connectivity index (χ3v) is 4.23. The molecule has 0 N–H and O–H groups in total. The smallest absolute Gasteiger partial charge is 0.227 e. The van der Waals surface area contributed by atoms with Crippen LogP contribution in [0.15, 0.2) is 54.6 Å². The van der Waals surface area contributed by atoms with Crippen LogP contribution in [0.2, 0.25) is 5.02 Å². The van der Waals surface area contributed by atoms with E-state index in [-0.39, 0.29) is 5.91 Å². The lowest BCUT2D eigenvalue weighted by molar-refractivity contribution is -0.130. The number of carbonyl (C=O) groups excluding carboxylic acids is 1. The molecule has 2 aromatic carbocycles. The molecule has 114 valence electrons. The van der Waals surface area contributed by atoms with E-state index in [9.17, 15) is 4.79 Å². The normalized spacial score (nSPS) is 15.0. The number of carbonyl (C=O) groups is 1. The fraction of sp³-hybridized carbons (Fsp3) is 0.278. The maximum absolute atomic E-state index is 12.4. The van der Waals surface area contributed by atoms with E-state index in [0.717, 1.165) is 31.7 Å². The van der Waals surface area contributed by atoms with Crippen LogP contribution in [0.25, 0.3) is 0 Å². The second-order valence-corrected chi connectivity index (χ2v) is 5.95. The average molecular weight is 315 g/mol. The monoisotopic (exact) mass is 314 g/mol. The minimum absolute atomic E-state index is 0.176. The van der Waals surface area contributed by atoms with Crippen molar-refractivity contribution in [2.45, 2.75) is 6.42 Å². The first-order chi connectivity index (χ1) is 10.7. The third-order valence-electron chi connectivity index (χ3n) is 4.00. The number of hydrogen-bond donors (Lipinski definition) is 0. The molecular formula is C18H19ClN2O. The van der Waals surface area contributed by atoms with Gasteiger partial charge in [-0.2, -0.15) is 0 Å². The fourth-order valence-corrected chi connectivity index (χ4v) is 3.00. The molecule has 3 rings (SSSR count). The van der Waals surface area contributed by atoms with Gasteiger partial charge in [0.1, 0.15) is 0 Å². The van der Waals surface area contributed by atoms with Crippen molar-refractivity contribution in [3.63, 3.8) is 0 Å². The maximum Gasteiger partial charge on any atom is 0.227 e. The minimum atomic E-state index is 0.176. The number of anilines is 1. The van der Waals surface area contributed by atoms with E-state index in [1.165, 1.54) is 5.69 Å². The van der Waals surface area contributed by atoms with Gasteiger partial charge >= 0.3 is 0 Å². The van der Waals surface area contributed by atoms with Gasteiger partial charge < -0.3 is 9.80 Å². The number of piperazine rings is 1. The molecule has 1 saturated heterocycles. The molecular weight excluding hydrogens is 296 g/mol. The van der Waals surface area contributed by atoms with Crippen molar-refractivity contribution in [1.29, 1.82) is 0 Å². The van der Waals surface area contributed by atoms with Gasteiger partial charge in [0.25, 0.3) is 0 Å². The molecule has 0 unspecified atom stereocenters. The summed E-state index contributed by atoms with van der Waals surface area (Å²) in [7, 11) is 0. The average Bonchev–Trinajstić information content (AvgIpc) is 2.56. The first kappa shape index (κ1) is 14.9. The summed E-state index contributed by atoms with van der Waals surface area (Å²) >= 11 is 5.97. The molecule has 1 amide bonds. The van der Waals surface area contributed by atoms with Gasteiger partial charge in [-0.25, -0.2) is 0 Å². The van der Waals surface area contributed by atoms with Crippen molar-refractivity contribution in [2.75, 3.05) is 31.1 Å².